The molecule has 1 heterocycles. The van der Waals surface area contributed by atoms with Gasteiger partial charge in [0.05, 0.1) is 26.9 Å². The highest BCUT2D eigenvalue weighted by atomic mass is 16.5. The summed E-state index contributed by atoms with van der Waals surface area (Å²) in [5.74, 6) is 2.02. The molecule has 0 spiro atoms. The Morgan fingerprint density at radius 2 is 1.58 bits per heavy atom. The summed E-state index contributed by atoms with van der Waals surface area (Å²) in [7, 11) is 2.98. The zero-order chi connectivity index (χ0) is 31.0. The second-order valence-corrected chi connectivity index (χ2v) is 12.6. The first-order valence-electron chi connectivity index (χ1n) is 15.2. The van der Waals surface area contributed by atoms with Crippen LogP contribution < -0.4 is 18.9 Å². The highest BCUT2D eigenvalue weighted by molar-refractivity contribution is 5.82. The average molecular weight is 593 g/mol. The Balaban J connectivity index is 1.58. The van der Waals surface area contributed by atoms with E-state index in [0.717, 1.165) is 53.5 Å². The van der Waals surface area contributed by atoms with E-state index >= 15 is 0 Å². The van der Waals surface area contributed by atoms with Crippen molar-refractivity contribution in [2.45, 2.75) is 77.9 Å². The van der Waals surface area contributed by atoms with Gasteiger partial charge >= 0.3 is 0 Å². The van der Waals surface area contributed by atoms with Gasteiger partial charge in [0.2, 0.25) is 11.5 Å². The quantitative estimate of drug-likeness (QED) is 0.198. The normalized spacial score (nSPS) is 19.0. The lowest BCUT2D eigenvalue weighted by Gasteiger charge is -2.37. The summed E-state index contributed by atoms with van der Waals surface area (Å²) in [4.78, 5) is 0. The van der Waals surface area contributed by atoms with Gasteiger partial charge < -0.3 is 39.4 Å². The van der Waals surface area contributed by atoms with Gasteiger partial charge in [-0.15, -0.1) is 0 Å². The van der Waals surface area contributed by atoms with Gasteiger partial charge in [0, 0.05) is 29.2 Å². The van der Waals surface area contributed by atoms with Crippen molar-refractivity contribution in [1.29, 1.82) is 0 Å². The van der Waals surface area contributed by atoms with E-state index in [1.54, 1.807) is 13.2 Å². The Labute approximate surface area is 253 Å². The van der Waals surface area contributed by atoms with Crippen LogP contribution in [0.3, 0.4) is 0 Å². The predicted octanol–water partition coefficient (Wildman–Crippen LogP) is 7.03. The summed E-state index contributed by atoms with van der Waals surface area (Å²) in [5.41, 5.74) is 5.33. The average Bonchev–Trinajstić information content (AvgIpc) is 2.96. The van der Waals surface area contributed by atoms with Crippen LogP contribution >= 0.6 is 0 Å². The zero-order valence-electron chi connectivity index (χ0n) is 25.9. The predicted molar refractivity (Wildman–Crippen MR) is 165 cm³/mol. The second-order valence-electron chi connectivity index (χ2n) is 12.6. The van der Waals surface area contributed by atoms with Gasteiger partial charge in [-0.1, -0.05) is 40.2 Å². The second kappa shape index (κ2) is 12.4. The molecule has 0 saturated carbocycles. The summed E-state index contributed by atoms with van der Waals surface area (Å²) in [6.45, 7) is 8.96. The largest absolute Gasteiger partial charge is 0.508 e. The Hall–Kier alpha value is -3.78. The van der Waals surface area contributed by atoms with Gasteiger partial charge in [0.15, 0.2) is 17.6 Å². The smallest absolute Gasteiger partial charge is 0.207 e. The topological polar surface area (TPSA) is 118 Å². The molecule has 0 bridgehead atoms. The Kier molecular flexibility index (Phi) is 8.88. The molecule has 0 fully saturated rings. The number of fused-ring (bicyclic) bond motifs is 5. The van der Waals surface area contributed by atoms with Crippen molar-refractivity contribution in [3.05, 3.63) is 52.6 Å². The van der Waals surface area contributed by atoms with Crippen LogP contribution in [-0.2, 0) is 12.8 Å². The fraction of sp³-hybridized carbons (Fsp3) is 0.486. The van der Waals surface area contributed by atoms with Gasteiger partial charge in [-0.05, 0) is 71.9 Å². The molecule has 8 nitrogen and oxygen atoms in total. The van der Waals surface area contributed by atoms with Crippen LogP contribution in [0.25, 0.3) is 11.1 Å². The molecule has 0 amide bonds. The summed E-state index contributed by atoms with van der Waals surface area (Å²) in [5, 5.41) is 43.7. The van der Waals surface area contributed by atoms with E-state index < -0.39 is 12.2 Å². The van der Waals surface area contributed by atoms with E-state index in [4.69, 9.17) is 18.9 Å². The third-order valence-corrected chi connectivity index (χ3v) is 8.68. The van der Waals surface area contributed by atoms with Crippen LogP contribution in [0.15, 0.2) is 30.3 Å². The van der Waals surface area contributed by atoms with Crippen LogP contribution in [0.5, 0.6) is 40.2 Å². The molecule has 0 radical (unpaired) electrons. The number of ether oxygens (including phenoxy) is 4. The SMILES string of the molecule is COc1cc2c(c3c1-c1ccc(O)cc1C(CCC(C)C)C3)CC(O)C(c1cc(OCCC(C)C)c(O)c(OC)c1O)O2. The molecule has 5 rings (SSSR count). The molecule has 0 aromatic heterocycles. The molecule has 0 saturated heterocycles. The highest BCUT2D eigenvalue weighted by Crippen LogP contribution is 2.54. The molecule has 43 heavy (non-hydrogen) atoms. The Morgan fingerprint density at radius 1 is 0.837 bits per heavy atom. The molecule has 2 aliphatic rings. The van der Waals surface area contributed by atoms with Gasteiger partial charge in [0.1, 0.15) is 17.2 Å². The highest BCUT2D eigenvalue weighted by Gasteiger charge is 2.39. The monoisotopic (exact) mass is 592 g/mol. The number of hydrogen-bond acceptors (Lipinski definition) is 8. The number of aliphatic hydroxyl groups excluding tert-OH is 1. The maximum absolute atomic E-state index is 11.5. The van der Waals surface area contributed by atoms with Crippen LogP contribution in [0.1, 0.15) is 81.2 Å². The number of benzene rings is 3. The summed E-state index contributed by atoms with van der Waals surface area (Å²) < 4.78 is 23.6. The number of aliphatic hydroxyl groups is 1. The molecule has 3 unspecified atom stereocenters. The fourth-order valence-corrected chi connectivity index (χ4v) is 6.36. The van der Waals surface area contributed by atoms with Crippen LogP contribution in [0.4, 0.5) is 0 Å². The Morgan fingerprint density at radius 3 is 2.26 bits per heavy atom. The molecule has 1 aliphatic heterocycles. The van der Waals surface area contributed by atoms with Crippen LogP contribution in [0.2, 0.25) is 0 Å². The lowest BCUT2D eigenvalue weighted by atomic mass is 9.73. The van der Waals surface area contributed by atoms with Crippen molar-refractivity contribution in [2.75, 3.05) is 20.8 Å². The maximum Gasteiger partial charge on any atom is 0.207 e. The molecular weight excluding hydrogens is 548 g/mol. The maximum atomic E-state index is 11.5. The van der Waals surface area contributed by atoms with E-state index in [-0.39, 0.29) is 40.2 Å². The lowest BCUT2D eigenvalue weighted by molar-refractivity contribution is 0.0186. The van der Waals surface area contributed by atoms with Crippen molar-refractivity contribution in [3.63, 3.8) is 0 Å². The molecule has 3 aromatic rings. The standard InChI is InChI=1S/C35H44O8/c1-18(2)7-8-20-13-25-24-15-27(37)34(26-16-30(42-12-11-19(3)4)33(39)35(41-6)32(26)38)43-28(24)17-29(40-5)31(25)22-10-9-21(36)14-23(20)22/h9-10,14,16-20,27,34,36-39H,7-8,11-13,15H2,1-6H3. The molecular formula is C35H44O8. The van der Waals surface area contributed by atoms with E-state index in [2.05, 4.69) is 27.7 Å². The first-order valence-corrected chi connectivity index (χ1v) is 15.2. The number of hydrogen-bond donors (Lipinski definition) is 4. The van der Waals surface area contributed by atoms with Crippen molar-refractivity contribution in [3.8, 4) is 51.4 Å². The summed E-state index contributed by atoms with van der Waals surface area (Å²) >= 11 is 0. The molecule has 3 aromatic carbocycles. The van der Waals surface area contributed by atoms with Crippen molar-refractivity contribution in [2.24, 2.45) is 11.8 Å². The van der Waals surface area contributed by atoms with Gasteiger partial charge in [-0.3, -0.25) is 0 Å². The summed E-state index contributed by atoms with van der Waals surface area (Å²) in [6, 6.07) is 8.88. The fourth-order valence-electron chi connectivity index (χ4n) is 6.36. The van der Waals surface area contributed by atoms with Crippen LogP contribution in [-0.4, -0.2) is 47.4 Å². The number of rotatable bonds is 10. The van der Waals surface area contributed by atoms with E-state index in [1.807, 2.05) is 18.2 Å². The minimum absolute atomic E-state index is 0.130. The number of aromatic hydroxyl groups is 3. The van der Waals surface area contributed by atoms with Crippen molar-refractivity contribution in [1.82, 2.24) is 0 Å². The van der Waals surface area contributed by atoms with E-state index in [0.29, 0.717) is 36.4 Å². The van der Waals surface area contributed by atoms with E-state index in [1.165, 1.54) is 13.2 Å². The van der Waals surface area contributed by atoms with Gasteiger partial charge in [-0.25, -0.2) is 0 Å². The lowest BCUT2D eigenvalue weighted by Crippen LogP contribution is -2.32. The van der Waals surface area contributed by atoms with Crippen molar-refractivity contribution >= 4 is 0 Å². The minimum Gasteiger partial charge on any atom is -0.508 e. The minimum atomic E-state index is -0.996. The molecule has 1 aliphatic carbocycles. The van der Waals surface area contributed by atoms with Crippen molar-refractivity contribution < 1.29 is 39.4 Å². The Bertz CT molecular complexity index is 1480. The third-order valence-electron chi connectivity index (χ3n) is 8.68. The van der Waals surface area contributed by atoms with E-state index in [9.17, 15) is 20.4 Å². The zero-order valence-corrected chi connectivity index (χ0v) is 25.9. The first kappa shape index (κ1) is 30.7. The summed E-state index contributed by atoms with van der Waals surface area (Å²) in [6.07, 6.45) is 1.87. The third kappa shape index (κ3) is 5.90. The number of phenols is 3. The molecule has 8 heteroatoms. The van der Waals surface area contributed by atoms with Gasteiger partial charge in [0.25, 0.3) is 0 Å². The molecule has 4 N–H and O–H groups in total. The molecule has 3 atom stereocenters. The first-order chi connectivity index (χ1) is 20.5. The number of methoxy groups -OCH3 is 2. The molecule has 232 valence electrons. The van der Waals surface area contributed by atoms with Gasteiger partial charge in [-0.2, -0.15) is 0 Å². The van der Waals surface area contributed by atoms with Crippen LogP contribution in [0, 0.1) is 11.8 Å². The number of phenolic OH excluding ortho intramolecular Hbond substituents is 3.